The summed E-state index contributed by atoms with van der Waals surface area (Å²) in [6.07, 6.45) is 3.94. The normalized spacial score (nSPS) is 32.9. The standard InChI is InChI=1S/C15H29NO2/c1-7-12(3)16-15(13(17)18-6)9-11(2)8-14(4,5)10-15/h11-12,16H,7-10H2,1-6H3. The van der Waals surface area contributed by atoms with Crippen molar-refractivity contribution in [2.45, 2.75) is 71.9 Å². The molecule has 1 rings (SSSR count). The van der Waals surface area contributed by atoms with Crippen LogP contribution in [0.1, 0.15) is 60.3 Å². The first-order valence-electron chi connectivity index (χ1n) is 7.11. The van der Waals surface area contributed by atoms with E-state index in [1.54, 1.807) is 0 Å². The van der Waals surface area contributed by atoms with Crippen molar-refractivity contribution in [1.82, 2.24) is 5.32 Å². The summed E-state index contributed by atoms with van der Waals surface area (Å²) in [7, 11) is 1.49. The molecule has 0 saturated heterocycles. The molecule has 1 aliphatic carbocycles. The quantitative estimate of drug-likeness (QED) is 0.784. The van der Waals surface area contributed by atoms with Crippen molar-refractivity contribution < 1.29 is 9.53 Å². The first-order chi connectivity index (χ1) is 8.24. The Kier molecular flexibility index (Phi) is 4.82. The van der Waals surface area contributed by atoms with E-state index in [1.165, 1.54) is 13.5 Å². The summed E-state index contributed by atoms with van der Waals surface area (Å²) in [5.41, 5.74) is -0.308. The number of esters is 1. The Morgan fingerprint density at radius 1 is 1.44 bits per heavy atom. The third-order valence-corrected chi connectivity index (χ3v) is 4.09. The molecular weight excluding hydrogens is 226 g/mol. The largest absolute Gasteiger partial charge is 0.468 e. The number of rotatable bonds is 4. The van der Waals surface area contributed by atoms with E-state index in [4.69, 9.17) is 4.74 Å². The van der Waals surface area contributed by atoms with Gasteiger partial charge in [0.05, 0.1) is 7.11 Å². The molecule has 106 valence electrons. The molecule has 0 amide bonds. The topological polar surface area (TPSA) is 38.3 Å². The van der Waals surface area contributed by atoms with Gasteiger partial charge < -0.3 is 4.74 Å². The van der Waals surface area contributed by atoms with E-state index in [2.05, 4.69) is 39.9 Å². The third kappa shape index (κ3) is 3.47. The molecule has 3 atom stereocenters. The molecule has 0 radical (unpaired) electrons. The highest BCUT2D eigenvalue weighted by Crippen LogP contribution is 2.44. The molecular formula is C15H29NO2. The number of carbonyl (C=O) groups is 1. The summed E-state index contributed by atoms with van der Waals surface area (Å²) >= 11 is 0. The summed E-state index contributed by atoms with van der Waals surface area (Å²) in [6.45, 7) is 11.0. The smallest absolute Gasteiger partial charge is 0.326 e. The summed E-state index contributed by atoms with van der Waals surface area (Å²) in [6, 6.07) is 0.338. The van der Waals surface area contributed by atoms with Crippen molar-refractivity contribution in [1.29, 1.82) is 0 Å². The second kappa shape index (κ2) is 5.60. The Morgan fingerprint density at radius 3 is 2.50 bits per heavy atom. The van der Waals surface area contributed by atoms with Gasteiger partial charge >= 0.3 is 5.97 Å². The number of hydrogen-bond donors (Lipinski definition) is 1. The zero-order valence-electron chi connectivity index (χ0n) is 12.8. The van der Waals surface area contributed by atoms with Crippen LogP contribution in [0.15, 0.2) is 0 Å². The second-order valence-corrected chi connectivity index (χ2v) is 6.88. The van der Waals surface area contributed by atoms with Gasteiger partial charge in [-0.2, -0.15) is 0 Å². The van der Waals surface area contributed by atoms with Crippen molar-refractivity contribution in [2.24, 2.45) is 11.3 Å². The van der Waals surface area contributed by atoms with E-state index < -0.39 is 5.54 Å². The summed E-state index contributed by atoms with van der Waals surface area (Å²) < 4.78 is 5.08. The van der Waals surface area contributed by atoms with Crippen molar-refractivity contribution >= 4 is 5.97 Å². The van der Waals surface area contributed by atoms with E-state index in [1.807, 2.05) is 0 Å². The fraction of sp³-hybridized carbons (Fsp3) is 0.933. The lowest BCUT2D eigenvalue weighted by atomic mass is 9.64. The molecule has 0 aromatic carbocycles. The summed E-state index contributed by atoms with van der Waals surface area (Å²) in [4.78, 5) is 12.3. The molecule has 1 fully saturated rings. The van der Waals surface area contributed by atoms with Crippen molar-refractivity contribution in [3.8, 4) is 0 Å². The highest BCUT2D eigenvalue weighted by atomic mass is 16.5. The lowest BCUT2D eigenvalue weighted by molar-refractivity contribution is -0.153. The Bertz CT molecular complexity index is 301. The molecule has 18 heavy (non-hydrogen) atoms. The molecule has 0 heterocycles. The van der Waals surface area contributed by atoms with Crippen molar-refractivity contribution in [3.63, 3.8) is 0 Å². The van der Waals surface area contributed by atoms with Gasteiger partial charge in [0, 0.05) is 6.04 Å². The van der Waals surface area contributed by atoms with Crippen molar-refractivity contribution in [2.75, 3.05) is 7.11 Å². The minimum atomic E-state index is -0.495. The number of hydrogen-bond acceptors (Lipinski definition) is 3. The minimum Gasteiger partial charge on any atom is -0.468 e. The Labute approximate surface area is 112 Å². The molecule has 3 nitrogen and oxygen atoms in total. The Hall–Kier alpha value is -0.570. The molecule has 1 N–H and O–H groups in total. The monoisotopic (exact) mass is 255 g/mol. The van der Waals surface area contributed by atoms with Crippen LogP contribution in [0.5, 0.6) is 0 Å². The molecule has 3 heteroatoms. The second-order valence-electron chi connectivity index (χ2n) is 6.88. The van der Waals surface area contributed by atoms with Crippen molar-refractivity contribution in [3.05, 3.63) is 0 Å². The number of ether oxygens (including phenoxy) is 1. The zero-order chi connectivity index (χ0) is 14.0. The zero-order valence-corrected chi connectivity index (χ0v) is 12.8. The first kappa shape index (κ1) is 15.5. The molecule has 0 aromatic heterocycles. The molecule has 3 unspecified atom stereocenters. The lowest BCUT2D eigenvalue weighted by Crippen LogP contribution is -2.60. The fourth-order valence-electron chi connectivity index (χ4n) is 3.67. The van der Waals surface area contributed by atoms with E-state index >= 15 is 0 Å². The van der Waals surface area contributed by atoms with Crippen LogP contribution in [0.25, 0.3) is 0 Å². The molecule has 0 spiro atoms. The highest BCUT2D eigenvalue weighted by Gasteiger charge is 2.49. The number of methoxy groups -OCH3 is 1. The predicted molar refractivity (Wildman–Crippen MR) is 74.4 cm³/mol. The van der Waals surface area contributed by atoms with Gasteiger partial charge in [-0.3, -0.25) is 10.1 Å². The summed E-state index contributed by atoms with van der Waals surface area (Å²) in [5.74, 6) is 0.451. The van der Waals surface area contributed by atoms with Crippen LogP contribution in [-0.4, -0.2) is 24.7 Å². The molecule has 0 aromatic rings. The summed E-state index contributed by atoms with van der Waals surface area (Å²) in [5, 5.41) is 3.54. The van der Waals surface area contributed by atoms with E-state index in [0.717, 1.165) is 19.3 Å². The average molecular weight is 255 g/mol. The van der Waals surface area contributed by atoms with Crippen LogP contribution in [0.3, 0.4) is 0 Å². The van der Waals surface area contributed by atoms with Gasteiger partial charge in [0.25, 0.3) is 0 Å². The maximum absolute atomic E-state index is 12.3. The van der Waals surface area contributed by atoms with Gasteiger partial charge in [-0.05, 0) is 43.9 Å². The van der Waals surface area contributed by atoms with E-state index in [9.17, 15) is 4.79 Å². The van der Waals surface area contributed by atoms with Gasteiger partial charge in [-0.25, -0.2) is 0 Å². The SMILES string of the molecule is CCC(C)NC1(C(=O)OC)CC(C)CC(C)(C)C1. The maximum atomic E-state index is 12.3. The predicted octanol–water partition coefficient (Wildman–Crippen LogP) is 3.13. The van der Waals surface area contributed by atoms with E-state index in [-0.39, 0.29) is 11.4 Å². The van der Waals surface area contributed by atoms with Crippen LogP contribution in [-0.2, 0) is 9.53 Å². The molecule has 0 bridgehead atoms. The Morgan fingerprint density at radius 2 is 2.06 bits per heavy atom. The molecule has 0 aliphatic heterocycles. The highest BCUT2D eigenvalue weighted by molar-refractivity contribution is 5.81. The van der Waals surface area contributed by atoms with Crippen LogP contribution < -0.4 is 5.32 Å². The molecule has 1 saturated carbocycles. The fourth-order valence-corrected chi connectivity index (χ4v) is 3.67. The molecule has 1 aliphatic rings. The first-order valence-corrected chi connectivity index (χ1v) is 7.11. The van der Waals surface area contributed by atoms with Gasteiger partial charge in [-0.1, -0.05) is 27.7 Å². The van der Waals surface area contributed by atoms with E-state index in [0.29, 0.717) is 12.0 Å². The maximum Gasteiger partial charge on any atom is 0.326 e. The van der Waals surface area contributed by atoms with Crippen LogP contribution in [0.4, 0.5) is 0 Å². The number of carbonyl (C=O) groups excluding carboxylic acids is 1. The van der Waals surface area contributed by atoms with Gasteiger partial charge in [0.2, 0.25) is 0 Å². The lowest BCUT2D eigenvalue weighted by Gasteiger charge is -2.47. The third-order valence-electron chi connectivity index (χ3n) is 4.09. The van der Waals surface area contributed by atoms with Gasteiger partial charge in [-0.15, -0.1) is 0 Å². The minimum absolute atomic E-state index is 0.0950. The number of nitrogens with one attached hydrogen (secondary N) is 1. The van der Waals surface area contributed by atoms with Gasteiger partial charge in [0.1, 0.15) is 5.54 Å². The van der Waals surface area contributed by atoms with Crippen LogP contribution in [0, 0.1) is 11.3 Å². The van der Waals surface area contributed by atoms with Crippen LogP contribution >= 0.6 is 0 Å². The Balaban J connectivity index is 2.99. The van der Waals surface area contributed by atoms with Crippen LogP contribution in [0.2, 0.25) is 0 Å². The average Bonchev–Trinajstić information content (AvgIpc) is 2.24. The van der Waals surface area contributed by atoms with Gasteiger partial charge in [0.15, 0.2) is 0 Å².